The zero-order valence-electron chi connectivity index (χ0n) is 18.6. The number of aliphatic carboxylic acids is 1. The van der Waals surface area contributed by atoms with E-state index in [0.717, 1.165) is 5.57 Å². The Balaban J connectivity index is 1.78. The Morgan fingerprint density at radius 1 is 1.26 bits per heavy atom. The highest BCUT2D eigenvalue weighted by atomic mass is 16.5. The van der Waals surface area contributed by atoms with E-state index in [-0.39, 0.29) is 47.8 Å². The largest absolute Gasteiger partial charge is 0.481 e. The molecule has 0 saturated heterocycles. The molecular weight excluding hydrogens is 400 g/mol. The average Bonchev–Trinajstić information content (AvgIpc) is 2.96. The normalized spacial score (nSPS) is 46.4. The lowest BCUT2D eigenvalue weighted by molar-refractivity contribution is -0.193. The molecule has 0 spiro atoms. The van der Waals surface area contributed by atoms with Crippen LogP contribution in [0.5, 0.6) is 0 Å². The number of ether oxygens (including phenoxy) is 1. The van der Waals surface area contributed by atoms with Gasteiger partial charge in [0, 0.05) is 18.3 Å². The number of fused-ring (bicyclic) bond motifs is 5. The summed E-state index contributed by atoms with van der Waals surface area (Å²) in [6.45, 7) is 4.06. The molecule has 0 unspecified atom stereocenters. The fourth-order valence-corrected chi connectivity index (χ4v) is 7.89. The van der Waals surface area contributed by atoms with Crippen molar-refractivity contribution in [3.63, 3.8) is 0 Å². The van der Waals surface area contributed by atoms with Crippen LogP contribution in [0.4, 0.5) is 0 Å². The molecule has 3 N–H and O–H groups in total. The molecule has 4 aliphatic rings. The molecule has 0 aliphatic heterocycles. The van der Waals surface area contributed by atoms with Crippen molar-refractivity contribution in [1.29, 1.82) is 0 Å². The summed E-state index contributed by atoms with van der Waals surface area (Å²) >= 11 is 0. The number of allylic oxidation sites excluding steroid dienone is 1. The van der Waals surface area contributed by atoms with E-state index in [0.29, 0.717) is 38.5 Å². The number of hydrogen-bond donors (Lipinski definition) is 3. The lowest BCUT2D eigenvalue weighted by atomic mass is 9.43. The van der Waals surface area contributed by atoms with Crippen LogP contribution in [0, 0.1) is 34.5 Å². The van der Waals surface area contributed by atoms with Gasteiger partial charge in [-0.3, -0.25) is 14.4 Å². The molecule has 172 valence electrons. The predicted molar refractivity (Wildman–Crippen MR) is 111 cm³/mol. The Morgan fingerprint density at radius 3 is 2.61 bits per heavy atom. The first-order valence-corrected chi connectivity index (χ1v) is 11.4. The van der Waals surface area contributed by atoms with Crippen molar-refractivity contribution in [3.05, 3.63) is 11.6 Å². The Hall–Kier alpha value is -1.73. The number of aliphatic hydroxyl groups excluding tert-OH is 1. The summed E-state index contributed by atoms with van der Waals surface area (Å²) in [4.78, 5) is 36.3. The van der Waals surface area contributed by atoms with Crippen molar-refractivity contribution in [2.45, 2.75) is 76.9 Å². The van der Waals surface area contributed by atoms with Gasteiger partial charge in [0.2, 0.25) is 0 Å². The molecule has 4 rings (SSSR count). The predicted octanol–water partition coefficient (Wildman–Crippen LogP) is 2.48. The first-order chi connectivity index (χ1) is 14.5. The van der Waals surface area contributed by atoms with Crippen molar-refractivity contribution < 1.29 is 34.4 Å². The van der Waals surface area contributed by atoms with Crippen LogP contribution in [0.1, 0.15) is 65.2 Å². The van der Waals surface area contributed by atoms with Crippen LogP contribution in [0.15, 0.2) is 11.6 Å². The number of aliphatic hydroxyl groups is 2. The number of carbonyl (C=O) groups excluding carboxylic acids is 2. The van der Waals surface area contributed by atoms with Gasteiger partial charge >= 0.3 is 11.9 Å². The molecule has 8 atom stereocenters. The Bertz CT molecular complexity index is 834. The highest BCUT2D eigenvalue weighted by Crippen LogP contribution is 2.69. The Labute approximate surface area is 182 Å². The molecule has 0 aromatic carbocycles. The van der Waals surface area contributed by atoms with E-state index in [4.69, 9.17) is 4.74 Å². The molecular formula is C24H34O7. The van der Waals surface area contributed by atoms with Gasteiger partial charge in [0.1, 0.15) is 0 Å². The van der Waals surface area contributed by atoms with E-state index in [1.165, 1.54) is 7.11 Å². The van der Waals surface area contributed by atoms with Crippen molar-refractivity contribution >= 4 is 17.7 Å². The second-order valence-electron chi connectivity index (χ2n) is 10.7. The van der Waals surface area contributed by atoms with Gasteiger partial charge in [0.05, 0.1) is 24.7 Å². The van der Waals surface area contributed by atoms with Gasteiger partial charge in [-0.1, -0.05) is 19.4 Å². The van der Waals surface area contributed by atoms with E-state index in [9.17, 15) is 29.7 Å². The monoisotopic (exact) mass is 434 g/mol. The number of hydrogen-bond acceptors (Lipinski definition) is 6. The average molecular weight is 435 g/mol. The number of carboxylic acids is 1. The zero-order chi connectivity index (χ0) is 22.8. The number of ketones is 1. The van der Waals surface area contributed by atoms with Crippen LogP contribution < -0.4 is 0 Å². The summed E-state index contributed by atoms with van der Waals surface area (Å²) in [5.74, 6) is -2.13. The van der Waals surface area contributed by atoms with E-state index >= 15 is 0 Å². The van der Waals surface area contributed by atoms with Crippen molar-refractivity contribution in [2.75, 3.05) is 7.11 Å². The summed E-state index contributed by atoms with van der Waals surface area (Å²) in [6.07, 6.45) is 3.95. The molecule has 31 heavy (non-hydrogen) atoms. The summed E-state index contributed by atoms with van der Waals surface area (Å²) in [7, 11) is 1.36. The van der Waals surface area contributed by atoms with Crippen molar-refractivity contribution in [2.24, 2.45) is 34.5 Å². The number of esters is 1. The quantitative estimate of drug-likeness (QED) is 0.581. The summed E-state index contributed by atoms with van der Waals surface area (Å²) in [5.41, 5.74) is -1.31. The maximum Gasteiger partial charge on any atom is 0.309 e. The van der Waals surface area contributed by atoms with Gasteiger partial charge in [0.25, 0.3) is 0 Å². The third kappa shape index (κ3) is 3.18. The Kier molecular flexibility index (Phi) is 5.37. The smallest absolute Gasteiger partial charge is 0.309 e. The minimum atomic E-state index is -1.19. The highest BCUT2D eigenvalue weighted by Gasteiger charge is 2.68. The summed E-state index contributed by atoms with van der Waals surface area (Å²) in [5, 5.41) is 32.2. The standard InChI is InChI=1S/C24H34O7/c1-22-7-4-14(25)10-13(22)11-15(21(29)31-3)19-16-5-8-24(30,9-6-18(27)28)23(16,2)12-17(26)20(19)22/h10,15-17,19-20,26,30H,4-9,11-12H2,1-3H3,(H,27,28)/t15-,16+,17-,19+,20+,22+,23+,24+/m1/s1. The van der Waals surface area contributed by atoms with E-state index in [1.807, 2.05) is 6.92 Å². The first kappa shape index (κ1) is 22.5. The molecule has 0 radical (unpaired) electrons. The van der Waals surface area contributed by atoms with Crippen LogP contribution >= 0.6 is 0 Å². The number of rotatable bonds is 4. The lowest BCUT2D eigenvalue weighted by Gasteiger charge is -2.62. The number of carboxylic acid groups (broad SMARTS) is 1. The minimum Gasteiger partial charge on any atom is -0.481 e. The third-order valence-corrected chi connectivity index (χ3v) is 9.53. The van der Waals surface area contributed by atoms with Gasteiger partial charge in [-0.05, 0) is 67.8 Å². The maximum absolute atomic E-state index is 12.9. The topological polar surface area (TPSA) is 121 Å². The number of methoxy groups -OCH3 is 1. The molecule has 0 amide bonds. The van der Waals surface area contributed by atoms with E-state index < -0.39 is 29.0 Å². The second-order valence-corrected chi connectivity index (χ2v) is 10.7. The van der Waals surface area contributed by atoms with E-state index in [1.54, 1.807) is 6.08 Å². The fraction of sp³-hybridized carbons (Fsp3) is 0.792. The molecule has 7 nitrogen and oxygen atoms in total. The molecule has 3 fully saturated rings. The lowest BCUT2D eigenvalue weighted by Crippen LogP contribution is -2.62. The first-order valence-electron chi connectivity index (χ1n) is 11.4. The van der Waals surface area contributed by atoms with Gasteiger partial charge in [-0.15, -0.1) is 0 Å². The Morgan fingerprint density at radius 2 is 1.97 bits per heavy atom. The van der Waals surface area contributed by atoms with Gasteiger partial charge in [0.15, 0.2) is 5.78 Å². The fourth-order valence-electron chi connectivity index (χ4n) is 7.89. The SMILES string of the molecule is COC(=O)[C@@H]1CC2=CC(=O)CC[C@]2(C)[C@@H]2[C@@H]1[C@@H]1CC[C@](O)(CCC(=O)O)[C@@]1(C)C[C@H]2O. The zero-order valence-corrected chi connectivity index (χ0v) is 18.6. The minimum absolute atomic E-state index is 0.0280. The van der Waals surface area contributed by atoms with Crippen LogP contribution in [0.3, 0.4) is 0 Å². The molecule has 0 bridgehead atoms. The maximum atomic E-state index is 12.9. The van der Waals surface area contributed by atoms with Gasteiger partial charge < -0.3 is 20.1 Å². The molecule has 3 saturated carbocycles. The van der Waals surface area contributed by atoms with Gasteiger partial charge in [-0.2, -0.15) is 0 Å². The van der Waals surface area contributed by atoms with E-state index in [2.05, 4.69) is 6.92 Å². The van der Waals surface area contributed by atoms with Crippen LogP contribution in [0.25, 0.3) is 0 Å². The van der Waals surface area contributed by atoms with Crippen molar-refractivity contribution in [3.8, 4) is 0 Å². The van der Waals surface area contributed by atoms with Gasteiger partial charge in [-0.25, -0.2) is 0 Å². The molecule has 7 heteroatoms. The third-order valence-electron chi connectivity index (χ3n) is 9.53. The van der Waals surface area contributed by atoms with Crippen LogP contribution in [-0.4, -0.2) is 51.9 Å². The molecule has 0 aromatic rings. The summed E-state index contributed by atoms with van der Waals surface area (Å²) < 4.78 is 5.15. The molecule has 4 aliphatic carbocycles. The van der Waals surface area contributed by atoms with Crippen LogP contribution in [-0.2, 0) is 19.1 Å². The second kappa shape index (κ2) is 7.41. The van der Waals surface area contributed by atoms with Crippen molar-refractivity contribution in [1.82, 2.24) is 0 Å². The summed E-state index contributed by atoms with van der Waals surface area (Å²) in [6, 6.07) is 0. The molecule has 0 aromatic heterocycles. The number of carbonyl (C=O) groups is 3. The molecule has 0 heterocycles. The highest BCUT2D eigenvalue weighted by molar-refractivity contribution is 5.92. The van der Waals surface area contributed by atoms with Crippen LogP contribution in [0.2, 0.25) is 0 Å².